The SMILES string of the molecule is Cc1ccc(-c2cc(C(=O)OCC(=O)N[C@](C)(C#N)C(C)C)c3ccccc3n2)cc1. The van der Waals surface area contributed by atoms with Crippen LogP contribution in [0.15, 0.2) is 54.6 Å². The number of carbonyl (C=O) groups is 2. The van der Waals surface area contributed by atoms with Crippen LogP contribution in [0.4, 0.5) is 0 Å². The maximum absolute atomic E-state index is 12.9. The third-order valence-corrected chi connectivity index (χ3v) is 5.40. The summed E-state index contributed by atoms with van der Waals surface area (Å²) >= 11 is 0. The molecule has 3 rings (SSSR count). The Morgan fingerprint density at radius 2 is 1.84 bits per heavy atom. The van der Waals surface area contributed by atoms with Crippen LogP contribution < -0.4 is 5.32 Å². The number of benzene rings is 2. The molecule has 0 fully saturated rings. The van der Waals surface area contributed by atoms with Crippen molar-refractivity contribution in [3.05, 3.63) is 65.7 Å². The van der Waals surface area contributed by atoms with Crippen molar-refractivity contribution >= 4 is 22.8 Å². The molecule has 1 aromatic heterocycles. The molecule has 6 heteroatoms. The van der Waals surface area contributed by atoms with Gasteiger partial charge in [0.2, 0.25) is 0 Å². The molecule has 1 amide bonds. The number of carbonyl (C=O) groups excluding carboxylic acids is 2. The topological polar surface area (TPSA) is 92.1 Å². The second-order valence-electron chi connectivity index (χ2n) is 8.03. The number of aromatic nitrogens is 1. The van der Waals surface area contributed by atoms with E-state index in [9.17, 15) is 14.9 Å². The molecule has 0 bridgehead atoms. The number of esters is 1. The Morgan fingerprint density at radius 3 is 2.48 bits per heavy atom. The van der Waals surface area contributed by atoms with Gasteiger partial charge in [-0.05, 0) is 31.9 Å². The first-order valence-electron chi connectivity index (χ1n) is 10.1. The molecule has 1 heterocycles. The second kappa shape index (κ2) is 8.97. The van der Waals surface area contributed by atoms with Crippen molar-refractivity contribution in [1.82, 2.24) is 10.3 Å². The fraction of sp³-hybridized carbons (Fsp3) is 0.280. The highest BCUT2D eigenvalue weighted by Crippen LogP contribution is 2.26. The predicted molar refractivity (Wildman–Crippen MR) is 119 cm³/mol. The number of hydrogen-bond acceptors (Lipinski definition) is 5. The number of nitriles is 1. The van der Waals surface area contributed by atoms with E-state index in [1.54, 1.807) is 19.1 Å². The van der Waals surface area contributed by atoms with Gasteiger partial charge < -0.3 is 10.1 Å². The minimum atomic E-state index is -1.04. The van der Waals surface area contributed by atoms with Crippen LogP contribution in [0.3, 0.4) is 0 Å². The summed E-state index contributed by atoms with van der Waals surface area (Å²) < 4.78 is 5.29. The Labute approximate surface area is 181 Å². The number of hydrogen-bond donors (Lipinski definition) is 1. The average Bonchev–Trinajstić information content (AvgIpc) is 2.77. The van der Waals surface area contributed by atoms with Gasteiger partial charge in [0.25, 0.3) is 5.91 Å². The highest BCUT2D eigenvalue weighted by Gasteiger charge is 2.30. The molecule has 0 saturated carbocycles. The van der Waals surface area contributed by atoms with Crippen LogP contribution in [0.5, 0.6) is 0 Å². The number of pyridine rings is 1. The molecule has 0 aliphatic heterocycles. The number of rotatable bonds is 6. The van der Waals surface area contributed by atoms with Crippen LogP contribution in [0.1, 0.15) is 36.7 Å². The lowest BCUT2D eigenvalue weighted by molar-refractivity contribution is -0.125. The standard InChI is InChI=1S/C25H25N3O3/c1-16(2)25(4,15-26)28-23(29)14-31-24(30)20-13-22(18-11-9-17(3)10-12-18)27-21-8-6-5-7-19(20)21/h5-13,16H,14H2,1-4H3,(H,28,29)/t25-/m1/s1. The maximum Gasteiger partial charge on any atom is 0.339 e. The van der Waals surface area contributed by atoms with E-state index in [4.69, 9.17) is 4.74 Å². The first-order valence-corrected chi connectivity index (χ1v) is 10.1. The van der Waals surface area contributed by atoms with Gasteiger partial charge in [0.1, 0.15) is 5.54 Å². The lowest BCUT2D eigenvalue weighted by atomic mass is 9.90. The zero-order valence-electron chi connectivity index (χ0n) is 18.1. The van der Waals surface area contributed by atoms with Gasteiger partial charge in [-0.1, -0.05) is 61.9 Å². The minimum Gasteiger partial charge on any atom is -0.452 e. The molecule has 1 atom stereocenters. The molecule has 31 heavy (non-hydrogen) atoms. The molecule has 3 aromatic rings. The third kappa shape index (κ3) is 4.89. The van der Waals surface area contributed by atoms with Crippen molar-refractivity contribution in [3.63, 3.8) is 0 Å². The van der Waals surface area contributed by atoms with Crippen molar-refractivity contribution in [2.45, 2.75) is 33.2 Å². The summed E-state index contributed by atoms with van der Waals surface area (Å²) in [5.74, 6) is -1.24. The van der Waals surface area contributed by atoms with Crippen LogP contribution >= 0.6 is 0 Å². The number of aryl methyl sites for hydroxylation is 1. The summed E-state index contributed by atoms with van der Waals surface area (Å²) in [5.41, 5.74) is 2.61. The first kappa shape index (κ1) is 22.0. The Bertz CT molecular complexity index is 1160. The van der Waals surface area contributed by atoms with Crippen molar-refractivity contribution < 1.29 is 14.3 Å². The Kier molecular flexibility index (Phi) is 6.36. The van der Waals surface area contributed by atoms with E-state index >= 15 is 0 Å². The normalized spacial score (nSPS) is 12.8. The molecule has 0 aliphatic rings. The highest BCUT2D eigenvalue weighted by atomic mass is 16.5. The summed E-state index contributed by atoms with van der Waals surface area (Å²) in [6.45, 7) is 6.85. The predicted octanol–water partition coefficient (Wildman–Crippen LogP) is 4.42. The van der Waals surface area contributed by atoms with Gasteiger partial charge in [0.15, 0.2) is 6.61 Å². The number of fused-ring (bicyclic) bond motifs is 1. The zero-order chi connectivity index (χ0) is 22.6. The van der Waals surface area contributed by atoms with Gasteiger partial charge in [-0.25, -0.2) is 9.78 Å². The minimum absolute atomic E-state index is 0.0987. The fourth-order valence-corrected chi connectivity index (χ4v) is 3.05. The third-order valence-electron chi connectivity index (χ3n) is 5.40. The first-order chi connectivity index (χ1) is 14.7. The maximum atomic E-state index is 12.9. The Hall–Kier alpha value is -3.72. The highest BCUT2D eigenvalue weighted by molar-refractivity contribution is 6.05. The fourth-order valence-electron chi connectivity index (χ4n) is 3.05. The van der Waals surface area contributed by atoms with Crippen molar-refractivity contribution in [3.8, 4) is 17.3 Å². The molecule has 0 saturated heterocycles. The van der Waals surface area contributed by atoms with Crippen LogP contribution in [-0.4, -0.2) is 29.0 Å². The summed E-state index contributed by atoms with van der Waals surface area (Å²) in [4.78, 5) is 29.8. The molecule has 0 aliphatic carbocycles. The molecule has 6 nitrogen and oxygen atoms in total. The van der Waals surface area contributed by atoms with E-state index in [1.165, 1.54) is 0 Å². The molecule has 2 aromatic carbocycles. The molecular weight excluding hydrogens is 390 g/mol. The number of para-hydroxylation sites is 1. The summed E-state index contributed by atoms with van der Waals surface area (Å²) in [5, 5.41) is 12.6. The van der Waals surface area contributed by atoms with Crippen LogP contribution in [0.25, 0.3) is 22.2 Å². The van der Waals surface area contributed by atoms with Gasteiger partial charge >= 0.3 is 5.97 Å². The summed E-state index contributed by atoms with van der Waals surface area (Å²) in [7, 11) is 0. The number of ether oxygens (including phenoxy) is 1. The van der Waals surface area contributed by atoms with Crippen LogP contribution in [-0.2, 0) is 9.53 Å². The smallest absolute Gasteiger partial charge is 0.339 e. The molecule has 0 radical (unpaired) electrons. The molecular formula is C25H25N3O3. The molecule has 0 unspecified atom stereocenters. The van der Waals surface area contributed by atoms with E-state index in [-0.39, 0.29) is 5.92 Å². The second-order valence-corrected chi connectivity index (χ2v) is 8.03. The summed E-state index contributed by atoms with van der Waals surface area (Å²) in [6.07, 6.45) is 0. The van der Waals surface area contributed by atoms with Gasteiger partial charge in [-0.2, -0.15) is 5.26 Å². The zero-order valence-corrected chi connectivity index (χ0v) is 18.1. The van der Waals surface area contributed by atoms with Crippen LogP contribution in [0.2, 0.25) is 0 Å². The lowest BCUT2D eigenvalue weighted by Gasteiger charge is -2.27. The van der Waals surface area contributed by atoms with E-state index in [1.807, 2.05) is 63.2 Å². The van der Waals surface area contributed by atoms with Crippen molar-refractivity contribution in [2.24, 2.45) is 5.92 Å². The van der Waals surface area contributed by atoms with Gasteiger partial charge in [0, 0.05) is 10.9 Å². The monoisotopic (exact) mass is 415 g/mol. The summed E-state index contributed by atoms with van der Waals surface area (Å²) in [6, 6.07) is 18.9. The van der Waals surface area contributed by atoms with Gasteiger partial charge in [-0.15, -0.1) is 0 Å². The van der Waals surface area contributed by atoms with E-state index in [0.29, 0.717) is 22.2 Å². The quantitative estimate of drug-likeness (QED) is 0.602. The van der Waals surface area contributed by atoms with Gasteiger partial charge in [0.05, 0.1) is 22.8 Å². The van der Waals surface area contributed by atoms with E-state index in [2.05, 4.69) is 16.4 Å². The van der Waals surface area contributed by atoms with Crippen molar-refractivity contribution in [2.75, 3.05) is 6.61 Å². The number of nitrogens with zero attached hydrogens (tertiary/aromatic N) is 2. The Balaban J connectivity index is 1.86. The molecule has 1 N–H and O–H groups in total. The molecule has 158 valence electrons. The largest absolute Gasteiger partial charge is 0.452 e. The van der Waals surface area contributed by atoms with E-state index in [0.717, 1.165) is 11.1 Å². The Morgan fingerprint density at radius 1 is 1.16 bits per heavy atom. The number of nitrogens with one attached hydrogen (secondary N) is 1. The molecule has 0 spiro atoms. The lowest BCUT2D eigenvalue weighted by Crippen LogP contribution is -2.50. The van der Waals surface area contributed by atoms with Crippen molar-refractivity contribution in [1.29, 1.82) is 5.26 Å². The number of amides is 1. The van der Waals surface area contributed by atoms with Gasteiger partial charge in [-0.3, -0.25) is 4.79 Å². The average molecular weight is 415 g/mol. The van der Waals surface area contributed by atoms with E-state index < -0.39 is 24.0 Å². The van der Waals surface area contributed by atoms with Crippen LogP contribution in [0, 0.1) is 24.2 Å².